The van der Waals surface area contributed by atoms with E-state index < -0.39 is 0 Å². The summed E-state index contributed by atoms with van der Waals surface area (Å²) in [6.45, 7) is 9.84. The van der Waals surface area contributed by atoms with Crippen LogP contribution in [0.15, 0.2) is 24.3 Å². The van der Waals surface area contributed by atoms with E-state index in [-0.39, 0.29) is 11.6 Å². The van der Waals surface area contributed by atoms with Crippen LogP contribution in [-0.4, -0.2) is 31.9 Å². The summed E-state index contributed by atoms with van der Waals surface area (Å²) in [6.07, 6.45) is 0.0241. The predicted octanol–water partition coefficient (Wildman–Crippen LogP) is 2.78. The van der Waals surface area contributed by atoms with E-state index in [9.17, 15) is 0 Å². The molecule has 0 fully saturated rings. The molecule has 0 saturated carbocycles. The molecular formula is C15H25NO2. The fourth-order valence-corrected chi connectivity index (χ4v) is 1.62. The summed E-state index contributed by atoms with van der Waals surface area (Å²) in [5, 5.41) is 3.44. The van der Waals surface area contributed by atoms with Gasteiger partial charge in [0, 0.05) is 19.2 Å². The molecule has 1 rings (SSSR count). The Kier molecular flexibility index (Phi) is 5.63. The molecule has 1 aromatic carbocycles. The monoisotopic (exact) mass is 251 g/mol. The first-order valence-corrected chi connectivity index (χ1v) is 6.38. The summed E-state index contributed by atoms with van der Waals surface area (Å²) in [5.74, 6) is 0.896. The summed E-state index contributed by atoms with van der Waals surface area (Å²) in [4.78, 5) is 0. The standard InChI is InChI=1S/C15H25NO2/c1-12-7-6-8-13(9-12)18-14(11-17-5)10-16-15(2,3)4/h6-9,14,16H,10-11H2,1-5H3. The maximum Gasteiger partial charge on any atom is 0.134 e. The number of rotatable bonds is 6. The van der Waals surface area contributed by atoms with Gasteiger partial charge in [-0.15, -0.1) is 0 Å². The van der Waals surface area contributed by atoms with Crippen LogP contribution in [0.4, 0.5) is 0 Å². The Hall–Kier alpha value is -1.06. The average molecular weight is 251 g/mol. The number of aryl methyl sites for hydroxylation is 1. The molecule has 102 valence electrons. The Morgan fingerprint density at radius 2 is 2.00 bits per heavy atom. The molecule has 0 aliphatic rings. The van der Waals surface area contributed by atoms with Crippen molar-refractivity contribution in [3.63, 3.8) is 0 Å². The molecule has 1 aromatic rings. The maximum absolute atomic E-state index is 5.94. The van der Waals surface area contributed by atoms with Crippen molar-refractivity contribution in [2.45, 2.75) is 39.3 Å². The zero-order chi connectivity index (χ0) is 13.6. The molecule has 3 nitrogen and oxygen atoms in total. The lowest BCUT2D eigenvalue weighted by molar-refractivity contribution is 0.0764. The van der Waals surface area contributed by atoms with Gasteiger partial charge in [-0.25, -0.2) is 0 Å². The van der Waals surface area contributed by atoms with Gasteiger partial charge in [0.1, 0.15) is 11.9 Å². The van der Waals surface area contributed by atoms with E-state index >= 15 is 0 Å². The second kappa shape index (κ2) is 6.76. The third-order valence-corrected chi connectivity index (χ3v) is 2.50. The van der Waals surface area contributed by atoms with E-state index in [1.54, 1.807) is 7.11 Å². The normalized spacial score (nSPS) is 13.4. The summed E-state index contributed by atoms with van der Waals surface area (Å²) >= 11 is 0. The van der Waals surface area contributed by atoms with Crippen LogP contribution in [0.1, 0.15) is 26.3 Å². The van der Waals surface area contributed by atoms with E-state index in [1.807, 2.05) is 18.2 Å². The lowest BCUT2D eigenvalue weighted by atomic mass is 10.1. The maximum atomic E-state index is 5.94. The van der Waals surface area contributed by atoms with Crippen LogP contribution in [0, 0.1) is 6.92 Å². The first kappa shape index (κ1) is 15.0. The molecule has 0 amide bonds. The molecule has 0 radical (unpaired) electrons. The summed E-state index contributed by atoms with van der Waals surface area (Å²) in [6, 6.07) is 8.09. The first-order valence-electron chi connectivity index (χ1n) is 6.38. The fraction of sp³-hybridized carbons (Fsp3) is 0.600. The van der Waals surface area contributed by atoms with Crippen LogP contribution in [0.3, 0.4) is 0 Å². The summed E-state index contributed by atoms with van der Waals surface area (Å²) < 4.78 is 11.2. The first-order chi connectivity index (χ1) is 8.40. The average Bonchev–Trinajstić information content (AvgIpc) is 2.25. The molecule has 18 heavy (non-hydrogen) atoms. The second-order valence-corrected chi connectivity index (χ2v) is 5.64. The zero-order valence-corrected chi connectivity index (χ0v) is 12.1. The van der Waals surface area contributed by atoms with E-state index in [4.69, 9.17) is 9.47 Å². The topological polar surface area (TPSA) is 30.5 Å². The van der Waals surface area contributed by atoms with Gasteiger partial charge in [-0.3, -0.25) is 0 Å². The SMILES string of the molecule is COCC(CNC(C)(C)C)Oc1cccc(C)c1. The predicted molar refractivity (Wildman–Crippen MR) is 75.2 cm³/mol. The van der Waals surface area contributed by atoms with E-state index in [2.05, 4.69) is 39.1 Å². The van der Waals surface area contributed by atoms with Crippen LogP contribution in [0.25, 0.3) is 0 Å². The van der Waals surface area contributed by atoms with Gasteiger partial charge in [0.15, 0.2) is 0 Å². The molecule has 1 unspecified atom stereocenters. The highest BCUT2D eigenvalue weighted by atomic mass is 16.5. The number of benzene rings is 1. The van der Waals surface area contributed by atoms with Crippen LogP contribution in [-0.2, 0) is 4.74 Å². The van der Waals surface area contributed by atoms with Crippen molar-refractivity contribution in [3.05, 3.63) is 29.8 Å². The molecular weight excluding hydrogens is 226 g/mol. The van der Waals surface area contributed by atoms with Crippen molar-refractivity contribution in [1.29, 1.82) is 0 Å². The van der Waals surface area contributed by atoms with Crippen molar-refractivity contribution in [1.82, 2.24) is 5.32 Å². The Morgan fingerprint density at radius 1 is 1.28 bits per heavy atom. The largest absolute Gasteiger partial charge is 0.487 e. The van der Waals surface area contributed by atoms with E-state index in [0.29, 0.717) is 6.61 Å². The summed E-state index contributed by atoms with van der Waals surface area (Å²) in [7, 11) is 1.70. The molecule has 0 spiro atoms. The van der Waals surface area contributed by atoms with Gasteiger partial charge in [-0.1, -0.05) is 12.1 Å². The molecule has 0 saturated heterocycles. The molecule has 0 aromatic heterocycles. The van der Waals surface area contributed by atoms with Crippen molar-refractivity contribution in [3.8, 4) is 5.75 Å². The molecule has 0 heterocycles. The van der Waals surface area contributed by atoms with Crippen molar-refractivity contribution >= 4 is 0 Å². The van der Waals surface area contributed by atoms with E-state index in [0.717, 1.165) is 12.3 Å². The van der Waals surface area contributed by atoms with Gasteiger partial charge in [-0.05, 0) is 45.4 Å². The fourth-order valence-electron chi connectivity index (χ4n) is 1.62. The third kappa shape index (κ3) is 6.03. The number of nitrogens with one attached hydrogen (secondary N) is 1. The van der Waals surface area contributed by atoms with Crippen molar-refractivity contribution in [2.75, 3.05) is 20.3 Å². The minimum absolute atomic E-state index is 0.0241. The molecule has 3 heteroatoms. The number of ether oxygens (including phenoxy) is 2. The zero-order valence-electron chi connectivity index (χ0n) is 12.1. The van der Waals surface area contributed by atoms with Gasteiger partial charge < -0.3 is 14.8 Å². The Bertz CT molecular complexity index is 358. The van der Waals surface area contributed by atoms with Crippen LogP contribution in [0.2, 0.25) is 0 Å². The second-order valence-electron chi connectivity index (χ2n) is 5.64. The summed E-state index contributed by atoms with van der Waals surface area (Å²) in [5.41, 5.74) is 1.29. The minimum Gasteiger partial charge on any atom is -0.487 e. The van der Waals surface area contributed by atoms with Crippen LogP contribution in [0.5, 0.6) is 5.75 Å². The lowest BCUT2D eigenvalue weighted by Gasteiger charge is -2.25. The Morgan fingerprint density at radius 3 is 2.56 bits per heavy atom. The number of methoxy groups -OCH3 is 1. The highest BCUT2D eigenvalue weighted by Crippen LogP contribution is 2.14. The third-order valence-electron chi connectivity index (χ3n) is 2.50. The van der Waals surface area contributed by atoms with Gasteiger partial charge >= 0.3 is 0 Å². The highest BCUT2D eigenvalue weighted by molar-refractivity contribution is 5.27. The number of hydrogen-bond acceptors (Lipinski definition) is 3. The smallest absolute Gasteiger partial charge is 0.134 e. The van der Waals surface area contributed by atoms with Crippen LogP contribution < -0.4 is 10.1 Å². The molecule has 0 aliphatic heterocycles. The minimum atomic E-state index is 0.0241. The number of hydrogen-bond donors (Lipinski definition) is 1. The van der Waals surface area contributed by atoms with Crippen LogP contribution >= 0.6 is 0 Å². The highest BCUT2D eigenvalue weighted by Gasteiger charge is 2.15. The van der Waals surface area contributed by atoms with E-state index in [1.165, 1.54) is 5.56 Å². The van der Waals surface area contributed by atoms with Gasteiger partial charge in [0.25, 0.3) is 0 Å². The molecule has 0 bridgehead atoms. The molecule has 1 atom stereocenters. The quantitative estimate of drug-likeness (QED) is 0.843. The van der Waals surface area contributed by atoms with Gasteiger partial charge in [-0.2, -0.15) is 0 Å². The van der Waals surface area contributed by atoms with Gasteiger partial charge in [0.2, 0.25) is 0 Å². The van der Waals surface area contributed by atoms with Crippen molar-refractivity contribution in [2.24, 2.45) is 0 Å². The van der Waals surface area contributed by atoms with Gasteiger partial charge in [0.05, 0.1) is 6.61 Å². The Balaban J connectivity index is 2.57. The molecule has 0 aliphatic carbocycles. The molecule has 1 N–H and O–H groups in total. The lowest BCUT2D eigenvalue weighted by Crippen LogP contribution is -2.44. The van der Waals surface area contributed by atoms with Crippen molar-refractivity contribution < 1.29 is 9.47 Å². The Labute approximate surface area is 110 Å².